The average Bonchev–Trinajstić information content (AvgIpc) is 3.17. The van der Waals surface area contributed by atoms with Crippen LogP contribution in [0.3, 0.4) is 0 Å². The summed E-state index contributed by atoms with van der Waals surface area (Å²) in [6.07, 6.45) is 8.32. The number of aromatic nitrogens is 1. The first kappa shape index (κ1) is 18.4. The average molecular weight is 370 g/mol. The molecule has 0 saturated carbocycles. The molecule has 1 N–H and O–H groups in total. The van der Waals surface area contributed by atoms with Crippen molar-refractivity contribution < 1.29 is 9.53 Å². The number of carbonyl (C=O) groups is 1. The van der Waals surface area contributed by atoms with Gasteiger partial charge in [-0.2, -0.15) is 0 Å². The summed E-state index contributed by atoms with van der Waals surface area (Å²) in [5, 5.41) is 1.07. The van der Waals surface area contributed by atoms with E-state index in [0.717, 1.165) is 55.6 Å². The molecule has 0 aliphatic carbocycles. The van der Waals surface area contributed by atoms with Gasteiger partial charge in [-0.1, -0.05) is 12.8 Å². The maximum absolute atomic E-state index is 12.8. The molecule has 5 heteroatoms. The van der Waals surface area contributed by atoms with E-state index < -0.39 is 0 Å². The lowest BCUT2D eigenvalue weighted by molar-refractivity contribution is 0.0756. The van der Waals surface area contributed by atoms with E-state index in [1.165, 1.54) is 32.2 Å². The van der Waals surface area contributed by atoms with Crippen molar-refractivity contribution in [3.63, 3.8) is 0 Å². The minimum absolute atomic E-state index is 0.125. The van der Waals surface area contributed by atoms with E-state index in [4.69, 9.17) is 4.74 Å². The number of fused-ring (bicyclic) bond motifs is 1. The topological polar surface area (TPSA) is 48.6 Å². The van der Waals surface area contributed by atoms with E-state index in [1.54, 1.807) is 0 Å². The van der Waals surface area contributed by atoms with Gasteiger partial charge in [-0.3, -0.25) is 4.79 Å². The zero-order valence-corrected chi connectivity index (χ0v) is 16.4. The highest BCUT2D eigenvalue weighted by Crippen LogP contribution is 2.24. The zero-order valence-electron chi connectivity index (χ0n) is 16.4. The number of nitrogens with one attached hydrogen (secondary N) is 1. The Morgan fingerprint density at radius 3 is 2.67 bits per heavy atom. The second kappa shape index (κ2) is 8.34. The maximum atomic E-state index is 12.8. The van der Waals surface area contributed by atoms with Crippen LogP contribution in [0, 0.1) is 0 Å². The van der Waals surface area contributed by atoms with Gasteiger partial charge in [0.1, 0.15) is 11.4 Å². The van der Waals surface area contributed by atoms with Crippen LogP contribution in [0.15, 0.2) is 24.3 Å². The predicted molar refractivity (Wildman–Crippen MR) is 108 cm³/mol. The van der Waals surface area contributed by atoms with Crippen LogP contribution in [0.4, 0.5) is 0 Å². The molecule has 5 nitrogen and oxygen atoms in total. The van der Waals surface area contributed by atoms with Gasteiger partial charge < -0.3 is 19.5 Å². The Kier molecular flexibility index (Phi) is 5.67. The number of aromatic amines is 1. The van der Waals surface area contributed by atoms with Gasteiger partial charge in [-0.05, 0) is 63.9 Å². The highest BCUT2D eigenvalue weighted by molar-refractivity contribution is 5.98. The number of H-pyrrole nitrogens is 1. The molecule has 0 bridgehead atoms. The number of ether oxygens (including phenoxy) is 1. The van der Waals surface area contributed by atoms with Crippen molar-refractivity contribution in [3.05, 3.63) is 30.0 Å². The Balaban J connectivity index is 1.39. The van der Waals surface area contributed by atoms with Crippen molar-refractivity contribution in [1.82, 2.24) is 14.8 Å². The Bertz CT molecular complexity index is 777. The first-order chi connectivity index (χ1) is 13.2. The summed E-state index contributed by atoms with van der Waals surface area (Å²) in [7, 11) is 2.20. The van der Waals surface area contributed by atoms with E-state index in [-0.39, 0.29) is 5.91 Å². The highest BCUT2D eigenvalue weighted by Gasteiger charge is 2.21. The number of carbonyl (C=O) groups excluding carboxylic acids is 1. The van der Waals surface area contributed by atoms with Crippen molar-refractivity contribution in [2.75, 3.05) is 33.3 Å². The van der Waals surface area contributed by atoms with Gasteiger partial charge >= 0.3 is 0 Å². The van der Waals surface area contributed by atoms with E-state index in [2.05, 4.69) is 16.9 Å². The summed E-state index contributed by atoms with van der Waals surface area (Å²) in [6, 6.07) is 8.70. The second-order valence-corrected chi connectivity index (χ2v) is 8.05. The molecule has 1 unspecified atom stereocenters. The number of hydrogen-bond donors (Lipinski definition) is 1. The highest BCUT2D eigenvalue weighted by atomic mass is 16.5. The molecule has 2 aliphatic heterocycles. The van der Waals surface area contributed by atoms with Crippen LogP contribution in [-0.2, 0) is 0 Å². The molecule has 27 heavy (non-hydrogen) atoms. The Morgan fingerprint density at radius 2 is 1.93 bits per heavy atom. The Morgan fingerprint density at radius 1 is 1.11 bits per heavy atom. The summed E-state index contributed by atoms with van der Waals surface area (Å²) >= 11 is 0. The monoisotopic (exact) mass is 369 g/mol. The van der Waals surface area contributed by atoms with Gasteiger partial charge in [0.05, 0.1) is 6.61 Å². The third-order valence-electron chi connectivity index (χ3n) is 6.11. The molecule has 2 aliphatic rings. The molecule has 1 aromatic heterocycles. The van der Waals surface area contributed by atoms with Crippen molar-refractivity contribution in [1.29, 1.82) is 0 Å². The number of nitrogens with zero attached hydrogens (tertiary/aromatic N) is 2. The molecule has 0 radical (unpaired) electrons. The number of likely N-dealkylation sites (tertiary alicyclic amines) is 2. The fourth-order valence-electron chi connectivity index (χ4n) is 4.41. The van der Waals surface area contributed by atoms with Crippen molar-refractivity contribution in [2.24, 2.45) is 0 Å². The van der Waals surface area contributed by atoms with Crippen LogP contribution >= 0.6 is 0 Å². The first-order valence-electron chi connectivity index (χ1n) is 10.5. The van der Waals surface area contributed by atoms with Crippen LogP contribution < -0.4 is 4.74 Å². The van der Waals surface area contributed by atoms with E-state index in [1.807, 2.05) is 29.2 Å². The van der Waals surface area contributed by atoms with Crippen LogP contribution in [-0.4, -0.2) is 60.0 Å². The lowest BCUT2D eigenvalue weighted by atomic mass is 10.1. The molecule has 146 valence electrons. The summed E-state index contributed by atoms with van der Waals surface area (Å²) in [4.78, 5) is 20.6. The van der Waals surface area contributed by atoms with E-state index in [0.29, 0.717) is 11.7 Å². The molecule has 2 saturated heterocycles. The molecule has 1 amide bonds. The summed E-state index contributed by atoms with van der Waals surface area (Å²) in [5.41, 5.74) is 1.67. The molecule has 4 rings (SSSR count). The largest absolute Gasteiger partial charge is 0.493 e. The summed E-state index contributed by atoms with van der Waals surface area (Å²) < 4.78 is 5.98. The molecule has 1 atom stereocenters. The van der Waals surface area contributed by atoms with Gasteiger partial charge in [0.25, 0.3) is 5.91 Å². The van der Waals surface area contributed by atoms with Crippen molar-refractivity contribution >= 4 is 16.8 Å². The van der Waals surface area contributed by atoms with Crippen molar-refractivity contribution in [3.8, 4) is 5.75 Å². The van der Waals surface area contributed by atoms with Gasteiger partial charge in [0, 0.05) is 36.1 Å². The molecular weight excluding hydrogens is 338 g/mol. The van der Waals surface area contributed by atoms with Crippen LogP contribution in [0.2, 0.25) is 0 Å². The third-order valence-corrected chi connectivity index (χ3v) is 6.11. The van der Waals surface area contributed by atoms with Gasteiger partial charge in [0.2, 0.25) is 0 Å². The fourth-order valence-corrected chi connectivity index (χ4v) is 4.41. The standard InChI is InChI=1S/C22H31N3O2/c1-24-11-6-7-18(24)10-14-27-19-9-8-17-15-21(23-20(17)16-19)22(26)25-12-4-2-3-5-13-25/h8-9,15-16,18,23H,2-7,10-14H2,1H3. The van der Waals surface area contributed by atoms with Crippen molar-refractivity contribution in [2.45, 2.75) is 51.0 Å². The zero-order chi connectivity index (χ0) is 18.6. The van der Waals surface area contributed by atoms with E-state index >= 15 is 0 Å². The van der Waals surface area contributed by atoms with Crippen LogP contribution in [0.1, 0.15) is 55.4 Å². The lowest BCUT2D eigenvalue weighted by Crippen LogP contribution is -2.32. The maximum Gasteiger partial charge on any atom is 0.270 e. The minimum Gasteiger partial charge on any atom is -0.493 e. The molecule has 3 heterocycles. The molecule has 0 spiro atoms. The smallest absolute Gasteiger partial charge is 0.270 e. The molecule has 2 fully saturated rings. The normalized spacial score (nSPS) is 21.5. The quantitative estimate of drug-likeness (QED) is 0.865. The predicted octanol–water partition coefficient (Wildman–Crippen LogP) is 4.05. The van der Waals surface area contributed by atoms with Crippen LogP contribution in [0.5, 0.6) is 5.75 Å². The van der Waals surface area contributed by atoms with Gasteiger partial charge in [-0.15, -0.1) is 0 Å². The molecule has 2 aromatic rings. The number of benzene rings is 1. The molecule has 1 aromatic carbocycles. The number of rotatable bonds is 5. The Hall–Kier alpha value is -2.01. The lowest BCUT2D eigenvalue weighted by Gasteiger charge is -2.19. The minimum atomic E-state index is 0.125. The van der Waals surface area contributed by atoms with E-state index in [9.17, 15) is 4.79 Å². The Labute approximate surface area is 161 Å². The number of amides is 1. The van der Waals surface area contributed by atoms with Gasteiger partial charge in [0.15, 0.2) is 0 Å². The summed E-state index contributed by atoms with van der Waals surface area (Å²) in [6.45, 7) is 3.68. The first-order valence-corrected chi connectivity index (χ1v) is 10.5. The van der Waals surface area contributed by atoms with Gasteiger partial charge in [-0.25, -0.2) is 0 Å². The SMILES string of the molecule is CN1CCCC1CCOc1ccc2cc(C(=O)N3CCCCCC3)[nH]c2c1. The molecular formula is C22H31N3O2. The number of hydrogen-bond acceptors (Lipinski definition) is 3. The van der Waals surface area contributed by atoms with Crippen LogP contribution in [0.25, 0.3) is 10.9 Å². The fraction of sp³-hybridized carbons (Fsp3) is 0.591. The third kappa shape index (κ3) is 4.29. The second-order valence-electron chi connectivity index (χ2n) is 8.05. The summed E-state index contributed by atoms with van der Waals surface area (Å²) in [5.74, 6) is 0.999.